The smallest absolute Gasteiger partial charge is 0.161 e. The van der Waals surface area contributed by atoms with Crippen LogP contribution in [0.15, 0.2) is 53.2 Å². The molecule has 30 heavy (non-hydrogen) atoms. The number of para-hydroxylation sites is 1. The number of aliphatic imine (C=N–C) groups is 1. The van der Waals surface area contributed by atoms with E-state index in [1.807, 2.05) is 24.3 Å². The largest absolute Gasteiger partial charge is 0.489 e. The van der Waals surface area contributed by atoms with Crippen molar-refractivity contribution >= 4 is 17.3 Å². The second-order valence-corrected chi connectivity index (χ2v) is 10.5. The zero-order valence-electron chi connectivity index (χ0n) is 18.5. The maximum Gasteiger partial charge on any atom is 0.161 e. The highest BCUT2D eigenvalue weighted by Crippen LogP contribution is 2.52. The van der Waals surface area contributed by atoms with Gasteiger partial charge in [-0.2, -0.15) is 0 Å². The van der Waals surface area contributed by atoms with Crippen LogP contribution in [-0.2, 0) is 9.59 Å². The summed E-state index contributed by atoms with van der Waals surface area (Å²) in [5.74, 6) is 0.310. The molecule has 4 rings (SSSR count). The Morgan fingerprint density at radius 3 is 2.47 bits per heavy atom. The number of fused-ring (bicyclic) bond motifs is 1. The summed E-state index contributed by atoms with van der Waals surface area (Å²) in [5, 5.41) is 0. The summed E-state index contributed by atoms with van der Waals surface area (Å²) in [5.41, 5.74) is 3.21. The summed E-state index contributed by atoms with van der Waals surface area (Å²) in [6.07, 6.45) is 4.23. The number of nitrogens with zero attached hydrogens (tertiary/aromatic N) is 1. The third-order valence-electron chi connectivity index (χ3n) is 6.45. The molecule has 0 aromatic heterocycles. The molecule has 4 nitrogen and oxygen atoms in total. The molecule has 158 valence electrons. The van der Waals surface area contributed by atoms with Crippen LogP contribution >= 0.6 is 0 Å². The Hall–Kier alpha value is -2.49. The van der Waals surface area contributed by atoms with Crippen molar-refractivity contribution in [3.8, 4) is 5.75 Å². The highest BCUT2D eigenvalue weighted by molar-refractivity contribution is 6.13. The Balaban J connectivity index is 1.91. The van der Waals surface area contributed by atoms with Crippen LogP contribution in [0.3, 0.4) is 0 Å². The minimum Gasteiger partial charge on any atom is -0.489 e. The number of carbonyl (C=O) groups is 2. The van der Waals surface area contributed by atoms with Gasteiger partial charge in [-0.25, -0.2) is 0 Å². The average Bonchev–Trinajstić information content (AvgIpc) is 2.63. The molecular formula is C26H31NO3. The van der Waals surface area contributed by atoms with Crippen molar-refractivity contribution in [1.82, 2.24) is 0 Å². The molecule has 0 N–H and O–H groups in total. The van der Waals surface area contributed by atoms with Gasteiger partial charge in [0.05, 0.1) is 5.92 Å². The number of ketones is 2. The summed E-state index contributed by atoms with van der Waals surface area (Å²) >= 11 is 0. The number of benzene rings is 1. The highest BCUT2D eigenvalue weighted by Gasteiger charge is 2.50. The van der Waals surface area contributed by atoms with Crippen molar-refractivity contribution in [3.05, 3.63) is 53.8 Å². The van der Waals surface area contributed by atoms with Gasteiger partial charge in [-0.05, 0) is 29.7 Å². The molecule has 1 aromatic rings. The van der Waals surface area contributed by atoms with E-state index in [-0.39, 0.29) is 34.2 Å². The molecule has 0 saturated heterocycles. The fourth-order valence-corrected chi connectivity index (χ4v) is 5.36. The number of Topliss-reactive ketones (excluding diaryl/α,β-unsaturated/α-hetero) is 2. The predicted octanol–water partition coefficient (Wildman–Crippen LogP) is 5.44. The van der Waals surface area contributed by atoms with Crippen molar-refractivity contribution in [2.24, 2.45) is 21.7 Å². The quantitative estimate of drug-likeness (QED) is 0.627. The first-order valence-corrected chi connectivity index (χ1v) is 10.8. The molecule has 1 aliphatic heterocycles. The second kappa shape index (κ2) is 7.33. The Morgan fingerprint density at radius 1 is 1.03 bits per heavy atom. The van der Waals surface area contributed by atoms with Crippen LogP contribution in [0, 0.1) is 16.7 Å². The Labute approximate surface area is 179 Å². The third kappa shape index (κ3) is 3.68. The van der Waals surface area contributed by atoms with Crippen molar-refractivity contribution in [2.45, 2.75) is 59.3 Å². The molecule has 0 bridgehead atoms. The van der Waals surface area contributed by atoms with Gasteiger partial charge in [-0.3, -0.25) is 14.6 Å². The van der Waals surface area contributed by atoms with Crippen LogP contribution in [0.4, 0.5) is 0 Å². The van der Waals surface area contributed by atoms with Crippen LogP contribution in [0.25, 0.3) is 0 Å². The average molecular weight is 406 g/mol. The van der Waals surface area contributed by atoms with Crippen molar-refractivity contribution in [1.29, 1.82) is 0 Å². The minimum absolute atomic E-state index is 0.109. The third-order valence-corrected chi connectivity index (χ3v) is 6.45. The normalized spacial score (nSPS) is 27.1. The lowest BCUT2D eigenvalue weighted by Crippen LogP contribution is -2.45. The molecule has 2 atom stereocenters. The predicted molar refractivity (Wildman–Crippen MR) is 119 cm³/mol. The summed E-state index contributed by atoms with van der Waals surface area (Å²) in [4.78, 5) is 31.7. The lowest BCUT2D eigenvalue weighted by molar-refractivity contribution is -0.124. The van der Waals surface area contributed by atoms with Gasteiger partial charge in [0.25, 0.3) is 0 Å². The zero-order chi connectivity index (χ0) is 21.7. The first-order valence-electron chi connectivity index (χ1n) is 10.8. The lowest BCUT2D eigenvalue weighted by atomic mass is 9.60. The standard InChI is InChI=1S/C26H31NO3/c1-6-11-30-21-10-8-7-9-16(21)22-23-17(12-25(2,3)14-19(23)28)27-18-13-26(4,5)15-20(29)24(18)22/h6-10,22-23H,1,11-15H2,2-5H3/t22-,23?/m0/s1. The summed E-state index contributed by atoms with van der Waals surface area (Å²) in [6, 6.07) is 7.79. The first-order chi connectivity index (χ1) is 14.1. The highest BCUT2D eigenvalue weighted by atomic mass is 16.5. The maximum absolute atomic E-state index is 13.4. The van der Waals surface area contributed by atoms with Crippen LogP contribution < -0.4 is 4.74 Å². The lowest BCUT2D eigenvalue weighted by Gasteiger charge is -2.44. The molecule has 0 spiro atoms. The molecule has 1 unspecified atom stereocenters. The van der Waals surface area contributed by atoms with Crippen LogP contribution in [0.2, 0.25) is 0 Å². The summed E-state index contributed by atoms with van der Waals surface area (Å²) < 4.78 is 5.95. The number of hydrogen-bond acceptors (Lipinski definition) is 4. The molecule has 0 radical (unpaired) electrons. The Bertz CT molecular complexity index is 980. The Kier molecular flexibility index (Phi) is 5.08. The van der Waals surface area contributed by atoms with Gasteiger partial charge in [0.1, 0.15) is 18.1 Å². The van der Waals surface area contributed by atoms with Crippen molar-refractivity contribution in [2.75, 3.05) is 6.61 Å². The van der Waals surface area contributed by atoms with Crippen LogP contribution in [0.1, 0.15) is 64.9 Å². The number of allylic oxidation sites excluding steroid dienone is 2. The molecule has 1 saturated carbocycles. The molecular weight excluding hydrogens is 374 g/mol. The van der Waals surface area contributed by atoms with Crippen LogP contribution in [0.5, 0.6) is 5.75 Å². The fourth-order valence-electron chi connectivity index (χ4n) is 5.36. The first kappa shape index (κ1) is 20.8. The zero-order valence-corrected chi connectivity index (χ0v) is 18.5. The number of carbonyl (C=O) groups excluding carboxylic acids is 2. The van der Waals surface area contributed by atoms with E-state index in [2.05, 4.69) is 34.3 Å². The molecule has 1 fully saturated rings. The fraction of sp³-hybridized carbons (Fsp3) is 0.500. The second-order valence-electron chi connectivity index (χ2n) is 10.5. The summed E-state index contributed by atoms with van der Waals surface area (Å²) in [7, 11) is 0. The number of ether oxygens (including phenoxy) is 1. The van der Waals surface area contributed by atoms with Crippen LogP contribution in [-0.4, -0.2) is 23.9 Å². The van der Waals surface area contributed by atoms with E-state index >= 15 is 0 Å². The monoisotopic (exact) mass is 405 g/mol. The van der Waals surface area contributed by atoms with Gasteiger partial charge in [-0.1, -0.05) is 58.5 Å². The van der Waals surface area contributed by atoms with E-state index in [0.717, 1.165) is 35.4 Å². The van der Waals surface area contributed by atoms with E-state index in [0.29, 0.717) is 25.2 Å². The van der Waals surface area contributed by atoms with E-state index in [1.54, 1.807) is 6.08 Å². The van der Waals surface area contributed by atoms with Gasteiger partial charge in [0.2, 0.25) is 0 Å². The molecule has 1 heterocycles. The van der Waals surface area contributed by atoms with Crippen molar-refractivity contribution < 1.29 is 14.3 Å². The maximum atomic E-state index is 13.4. The minimum atomic E-state index is -0.379. The number of rotatable bonds is 4. The van der Waals surface area contributed by atoms with Gasteiger partial charge in [0, 0.05) is 41.3 Å². The molecule has 4 heteroatoms. The Morgan fingerprint density at radius 2 is 1.73 bits per heavy atom. The topological polar surface area (TPSA) is 55.7 Å². The number of hydrogen-bond donors (Lipinski definition) is 0. The van der Waals surface area contributed by atoms with E-state index in [4.69, 9.17) is 9.73 Å². The van der Waals surface area contributed by atoms with E-state index in [9.17, 15) is 9.59 Å². The SMILES string of the molecule is C=CCOc1ccccc1[C@@H]1C2=C(CC(C)(C)CC2=O)N=C2CC(C)(C)CC(=O)C21. The van der Waals surface area contributed by atoms with E-state index in [1.165, 1.54) is 0 Å². The van der Waals surface area contributed by atoms with Gasteiger partial charge >= 0.3 is 0 Å². The van der Waals surface area contributed by atoms with Gasteiger partial charge in [-0.15, -0.1) is 0 Å². The van der Waals surface area contributed by atoms with Crippen molar-refractivity contribution in [3.63, 3.8) is 0 Å². The van der Waals surface area contributed by atoms with E-state index < -0.39 is 0 Å². The van der Waals surface area contributed by atoms with Gasteiger partial charge < -0.3 is 4.74 Å². The molecule has 0 amide bonds. The summed E-state index contributed by atoms with van der Waals surface area (Å²) in [6.45, 7) is 12.6. The molecule has 2 aliphatic carbocycles. The van der Waals surface area contributed by atoms with Gasteiger partial charge in [0.15, 0.2) is 5.78 Å². The molecule has 1 aromatic carbocycles. The molecule has 3 aliphatic rings.